The molecule has 8 nitrogen and oxygen atoms in total. The first-order valence-corrected chi connectivity index (χ1v) is 12.3. The number of nitrogens with zero attached hydrogens (tertiary/aromatic N) is 4. The summed E-state index contributed by atoms with van der Waals surface area (Å²) in [6.45, 7) is 5.98. The molecule has 1 fully saturated rings. The van der Waals surface area contributed by atoms with Crippen molar-refractivity contribution in [2.24, 2.45) is 0 Å². The molecule has 7 rings (SSSR count). The largest absolute Gasteiger partial charge is 0.406 e. The number of nitrogens with one attached hydrogen (secondary N) is 2. The summed E-state index contributed by atoms with van der Waals surface area (Å²) in [7, 11) is 0. The molecule has 0 aliphatic carbocycles. The lowest BCUT2D eigenvalue weighted by Gasteiger charge is -2.27. The van der Waals surface area contributed by atoms with Crippen LogP contribution in [0.4, 0.5) is 11.4 Å². The predicted octanol–water partition coefficient (Wildman–Crippen LogP) is 3.93. The molecule has 0 spiro atoms. The summed E-state index contributed by atoms with van der Waals surface area (Å²) >= 11 is 0. The monoisotopic (exact) mass is 478 g/mol. The van der Waals surface area contributed by atoms with Gasteiger partial charge in [0.05, 0.1) is 39.0 Å². The normalized spacial score (nSPS) is 14.6. The van der Waals surface area contributed by atoms with Crippen LogP contribution in [0.25, 0.3) is 33.1 Å². The highest BCUT2D eigenvalue weighted by Gasteiger charge is 2.25. The van der Waals surface area contributed by atoms with Crippen molar-refractivity contribution in [3.63, 3.8) is 0 Å². The van der Waals surface area contributed by atoms with Gasteiger partial charge in [-0.2, -0.15) is 5.10 Å². The fraction of sp³-hybridized carbons (Fsp3) is 0.222. The Labute approximate surface area is 209 Å². The summed E-state index contributed by atoms with van der Waals surface area (Å²) in [6, 6.07) is 21.3. The van der Waals surface area contributed by atoms with E-state index in [0.29, 0.717) is 0 Å². The summed E-state index contributed by atoms with van der Waals surface area (Å²) in [6.07, 6.45) is 3.63. The fourth-order valence-corrected chi connectivity index (χ4v) is 4.74. The number of hydrogen-bond acceptors (Lipinski definition) is 7. The Morgan fingerprint density at radius 1 is 0.917 bits per heavy atom. The Balaban J connectivity index is 0.000000353. The molecule has 0 radical (unpaired) electrons. The Hall–Kier alpha value is -3.95. The first-order valence-electron chi connectivity index (χ1n) is 12.3. The van der Waals surface area contributed by atoms with Gasteiger partial charge in [-0.05, 0) is 35.5 Å². The SMILES string of the molecule is C1COCCO1.CCn1cnc2c(-c3cccc(B4Nc5cccc6cccc(c56)N4)c3)cnnc21. The quantitative estimate of drug-likeness (QED) is 0.380. The van der Waals surface area contributed by atoms with Crippen molar-refractivity contribution >= 4 is 45.8 Å². The average molecular weight is 478 g/mol. The lowest BCUT2D eigenvalue weighted by molar-refractivity contribution is -0.0334. The summed E-state index contributed by atoms with van der Waals surface area (Å²) in [5.74, 6) is 0. The zero-order valence-electron chi connectivity index (χ0n) is 20.1. The van der Waals surface area contributed by atoms with Gasteiger partial charge >= 0.3 is 6.98 Å². The van der Waals surface area contributed by atoms with Crippen LogP contribution >= 0.6 is 0 Å². The van der Waals surface area contributed by atoms with Gasteiger partial charge in [0.1, 0.15) is 5.52 Å². The fourth-order valence-electron chi connectivity index (χ4n) is 4.74. The Kier molecular flexibility index (Phi) is 6.23. The van der Waals surface area contributed by atoms with E-state index in [2.05, 4.69) is 93.2 Å². The molecule has 2 N–H and O–H groups in total. The molecule has 0 atom stereocenters. The van der Waals surface area contributed by atoms with Crippen LogP contribution in [0.15, 0.2) is 73.2 Å². The van der Waals surface area contributed by atoms with E-state index in [9.17, 15) is 0 Å². The zero-order chi connectivity index (χ0) is 24.3. The summed E-state index contributed by atoms with van der Waals surface area (Å²) in [5.41, 5.74) is 7.21. The number of fused-ring (bicyclic) bond motifs is 1. The molecular formula is C27H27BN6O2. The van der Waals surface area contributed by atoms with Crippen LogP contribution in [0, 0.1) is 0 Å². The maximum atomic E-state index is 4.94. The number of aryl methyl sites for hydroxylation is 1. The minimum Gasteiger partial charge on any atom is -0.405 e. The standard InChI is InChI=1S/C23H19BN6.C4H8O2/c1-2-30-14-25-22-18(13-26-29-23(22)30)16-8-3-9-17(12-16)24-27-19-10-4-6-15-7-5-11-20(28-24)21(15)19;1-2-6-4-3-5-1/h3-14,27-28H,2H2,1H3;1-4H2. The van der Waals surface area contributed by atoms with Crippen molar-refractivity contribution in [1.82, 2.24) is 19.7 Å². The minimum absolute atomic E-state index is 0.0241. The molecule has 36 heavy (non-hydrogen) atoms. The lowest BCUT2D eigenvalue weighted by Crippen LogP contribution is -2.47. The highest BCUT2D eigenvalue weighted by Crippen LogP contribution is 2.34. The minimum atomic E-state index is -0.0241. The number of anilines is 2. The van der Waals surface area contributed by atoms with E-state index >= 15 is 0 Å². The molecule has 0 bridgehead atoms. The zero-order valence-corrected chi connectivity index (χ0v) is 20.1. The first-order chi connectivity index (χ1) is 17.8. The Morgan fingerprint density at radius 2 is 1.61 bits per heavy atom. The van der Waals surface area contributed by atoms with Crippen LogP contribution in [-0.2, 0) is 16.0 Å². The van der Waals surface area contributed by atoms with E-state index in [1.54, 1.807) is 6.20 Å². The third kappa shape index (κ3) is 4.27. The van der Waals surface area contributed by atoms with Gasteiger partial charge in [-0.3, -0.25) is 0 Å². The molecule has 0 amide bonds. The van der Waals surface area contributed by atoms with E-state index in [0.717, 1.165) is 72.1 Å². The third-order valence-electron chi connectivity index (χ3n) is 6.52. The predicted molar refractivity (Wildman–Crippen MR) is 145 cm³/mol. The van der Waals surface area contributed by atoms with Crippen LogP contribution in [-0.4, -0.2) is 53.2 Å². The Bertz CT molecular complexity index is 1470. The van der Waals surface area contributed by atoms with Gasteiger partial charge in [0.2, 0.25) is 0 Å². The Morgan fingerprint density at radius 3 is 2.28 bits per heavy atom. The summed E-state index contributed by atoms with van der Waals surface area (Å²) in [5, 5.41) is 18.3. The van der Waals surface area contributed by atoms with E-state index in [1.165, 1.54) is 10.8 Å². The van der Waals surface area contributed by atoms with E-state index in [1.807, 2.05) is 10.9 Å². The molecule has 5 aromatic rings. The smallest absolute Gasteiger partial charge is 0.405 e. The highest BCUT2D eigenvalue weighted by molar-refractivity contribution is 6.80. The number of ether oxygens (including phenoxy) is 2. The van der Waals surface area contributed by atoms with Crippen LogP contribution < -0.4 is 15.9 Å². The second-order valence-electron chi connectivity index (χ2n) is 8.74. The maximum absolute atomic E-state index is 4.94. The van der Waals surface area contributed by atoms with Crippen molar-refractivity contribution in [2.75, 3.05) is 36.9 Å². The number of benzene rings is 3. The molecule has 0 saturated carbocycles. The van der Waals surface area contributed by atoms with Gasteiger partial charge < -0.3 is 24.5 Å². The highest BCUT2D eigenvalue weighted by atomic mass is 16.6. The van der Waals surface area contributed by atoms with Gasteiger partial charge in [-0.25, -0.2) is 4.98 Å². The first kappa shape index (κ1) is 22.5. The number of rotatable bonds is 3. The lowest BCUT2D eigenvalue weighted by atomic mass is 9.65. The molecule has 9 heteroatoms. The van der Waals surface area contributed by atoms with Crippen LogP contribution in [0.5, 0.6) is 0 Å². The molecule has 1 saturated heterocycles. The van der Waals surface area contributed by atoms with Crippen molar-refractivity contribution in [3.8, 4) is 11.1 Å². The summed E-state index contributed by atoms with van der Waals surface area (Å²) in [4.78, 5) is 4.59. The molecular weight excluding hydrogens is 451 g/mol. The van der Waals surface area contributed by atoms with Crippen LogP contribution in [0.1, 0.15) is 6.92 Å². The molecule has 180 valence electrons. The van der Waals surface area contributed by atoms with Crippen molar-refractivity contribution in [3.05, 3.63) is 73.2 Å². The van der Waals surface area contributed by atoms with E-state index in [-0.39, 0.29) is 6.98 Å². The van der Waals surface area contributed by atoms with Crippen molar-refractivity contribution < 1.29 is 9.47 Å². The second kappa shape index (κ2) is 9.97. The van der Waals surface area contributed by atoms with Gasteiger partial charge in [0.15, 0.2) is 5.65 Å². The van der Waals surface area contributed by atoms with E-state index < -0.39 is 0 Å². The third-order valence-corrected chi connectivity index (χ3v) is 6.52. The molecule has 0 unspecified atom stereocenters. The number of aromatic nitrogens is 4. The van der Waals surface area contributed by atoms with Crippen molar-refractivity contribution in [2.45, 2.75) is 13.5 Å². The summed E-state index contributed by atoms with van der Waals surface area (Å²) < 4.78 is 11.9. The average Bonchev–Trinajstić information content (AvgIpc) is 3.38. The molecule has 2 aliphatic rings. The van der Waals surface area contributed by atoms with Crippen LogP contribution in [0.2, 0.25) is 0 Å². The van der Waals surface area contributed by atoms with E-state index in [4.69, 9.17) is 9.47 Å². The molecule has 4 heterocycles. The molecule has 2 aliphatic heterocycles. The number of hydrogen-bond donors (Lipinski definition) is 2. The maximum Gasteiger partial charge on any atom is 0.406 e. The van der Waals surface area contributed by atoms with Gasteiger partial charge in [0.25, 0.3) is 0 Å². The van der Waals surface area contributed by atoms with Gasteiger partial charge in [0, 0.05) is 28.9 Å². The second-order valence-corrected chi connectivity index (χ2v) is 8.74. The number of imidazole rings is 1. The molecule has 2 aromatic heterocycles. The topological polar surface area (TPSA) is 86.1 Å². The van der Waals surface area contributed by atoms with Crippen LogP contribution in [0.3, 0.4) is 0 Å². The van der Waals surface area contributed by atoms with Gasteiger partial charge in [-0.1, -0.05) is 48.5 Å². The van der Waals surface area contributed by atoms with Crippen molar-refractivity contribution in [1.29, 1.82) is 0 Å². The van der Waals surface area contributed by atoms with Gasteiger partial charge in [-0.15, -0.1) is 5.10 Å². The molecule has 3 aromatic carbocycles.